The molecule has 0 unspecified atom stereocenters. The third-order valence-corrected chi connectivity index (χ3v) is 3.28. The van der Waals surface area contributed by atoms with Gasteiger partial charge in [0.15, 0.2) is 0 Å². The van der Waals surface area contributed by atoms with Gasteiger partial charge in [-0.05, 0) is 40.2 Å². The molecule has 0 N–H and O–H groups in total. The van der Waals surface area contributed by atoms with Crippen LogP contribution >= 0.6 is 0 Å². The van der Waals surface area contributed by atoms with Gasteiger partial charge in [-0.25, -0.2) is 19.6 Å². The fraction of sp³-hybridized carbons (Fsp3) is 0.438. The zero-order valence-corrected chi connectivity index (χ0v) is 14.4. The van der Waals surface area contributed by atoms with Gasteiger partial charge >= 0.3 is 11.9 Å². The van der Waals surface area contributed by atoms with E-state index in [1.54, 1.807) is 13.8 Å². The second-order valence-corrected chi connectivity index (χ2v) is 5.20. The molecule has 0 fully saturated rings. The van der Waals surface area contributed by atoms with Gasteiger partial charge in [-0.2, -0.15) is 9.78 Å². The van der Waals surface area contributed by atoms with E-state index in [0.29, 0.717) is 17.7 Å². The number of hydrogen-bond acceptors (Lipinski definition) is 7. The van der Waals surface area contributed by atoms with Gasteiger partial charge in [0.05, 0.1) is 12.3 Å². The molecule has 24 heavy (non-hydrogen) atoms. The predicted molar refractivity (Wildman–Crippen MR) is 85.0 cm³/mol. The van der Waals surface area contributed by atoms with Crippen molar-refractivity contribution in [1.29, 1.82) is 0 Å². The van der Waals surface area contributed by atoms with Crippen molar-refractivity contribution in [2.24, 2.45) is 0 Å². The molecule has 0 amide bonds. The summed E-state index contributed by atoms with van der Waals surface area (Å²) in [6.45, 7) is 9.06. The molecule has 2 rings (SSSR count). The standard InChI is InChI=1S/C16H20N4O4/c1-6-12-11(5)19-20(16-17-9(3)8-10(4)18-16)13(12)24-15(22)14(21)23-7-2/h8H,6-7H2,1-5H3. The molecule has 2 aromatic rings. The van der Waals surface area contributed by atoms with E-state index in [9.17, 15) is 9.59 Å². The molecule has 2 heterocycles. The number of carbonyl (C=O) groups excluding carboxylic acids is 2. The number of aromatic nitrogens is 4. The van der Waals surface area contributed by atoms with Gasteiger partial charge in [-0.1, -0.05) is 6.92 Å². The quantitative estimate of drug-likeness (QED) is 0.620. The molecule has 0 aliphatic rings. The summed E-state index contributed by atoms with van der Waals surface area (Å²) in [6, 6.07) is 1.82. The third kappa shape index (κ3) is 3.58. The molecule has 0 spiro atoms. The van der Waals surface area contributed by atoms with E-state index in [-0.39, 0.29) is 18.4 Å². The topological polar surface area (TPSA) is 96.2 Å². The van der Waals surface area contributed by atoms with Gasteiger partial charge in [-0.15, -0.1) is 0 Å². The molecule has 8 nitrogen and oxygen atoms in total. The van der Waals surface area contributed by atoms with Gasteiger partial charge in [0, 0.05) is 17.0 Å². The lowest BCUT2D eigenvalue weighted by Gasteiger charge is -2.09. The first-order valence-corrected chi connectivity index (χ1v) is 7.67. The lowest BCUT2D eigenvalue weighted by atomic mass is 10.2. The normalized spacial score (nSPS) is 10.5. The number of carbonyl (C=O) groups is 2. The Morgan fingerprint density at radius 2 is 1.71 bits per heavy atom. The lowest BCUT2D eigenvalue weighted by Crippen LogP contribution is -2.24. The van der Waals surface area contributed by atoms with Crippen molar-refractivity contribution in [3.63, 3.8) is 0 Å². The molecule has 0 saturated carbocycles. The SMILES string of the molecule is CCOC(=O)C(=O)Oc1c(CC)c(C)nn1-c1nc(C)cc(C)n1. The van der Waals surface area contributed by atoms with Gasteiger partial charge in [0.2, 0.25) is 5.88 Å². The van der Waals surface area contributed by atoms with E-state index in [2.05, 4.69) is 19.8 Å². The molecular weight excluding hydrogens is 312 g/mol. The van der Waals surface area contributed by atoms with Crippen LogP contribution in [0.5, 0.6) is 5.88 Å². The zero-order chi connectivity index (χ0) is 17.9. The van der Waals surface area contributed by atoms with Gasteiger partial charge in [-0.3, -0.25) is 0 Å². The summed E-state index contributed by atoms with van der Waals surface area (Å²) in [5.74, 6) is -1.73. The van der Waals surface area contributed by atoms with E-state index >= 15 is 0 Å². The summed E-state index contributed by atoms with van der Waals surface area (Å²) in [5.41, 5.74) is 2.89. The second kappa shape index (κ2) is 7.20. The molecule has 2 aromatic heterocycles. The molecule has 128 valence electrons. The number of nitrogens with zero attached hydrogens (tertiary/aromatic N) is 4. The van der Waals surface area contributed by atoms with Crippen LogP contribution in [0.4, 0.5) is 0 Å². The summed E-state index contributed by atoms with van der Waals surface area (Å²) in [6.07, 6.45) is 0.571. The summed E-state index contributed by atoms with van der Waals surface area (Å²) >= 11 is 0. The first-order valence-electron chi connectivity index (χ1n) is 7.67. The molecule has 0 bridgehead atoms. The van der Waals surface area contributed by atoms with Crippen LogP contribution in [0.2, 0.25) is 0 Å². The van der Waals surface area contributed by atoms with Gasteiger partial charge in [0.25, 0.3) is 5.95 Å². The van der Waals surface area contributed by atoms with Crippen LogP contribution in [-0.2, 0) is 20.7 Å². The highest BCUT2D eigenvalue weighted by Crippen LogP contribution is 2.25. The minimum atomic E-state index is -1.10. The van der Waals surface area contributed by atoms with E-state index in [1.807, 2.05) is 26.8 Å². The highest BCUT2D eigenvalue weighted by atomic mass is 16.6. The summed E-state index contributed by atoms with van der Waals surface area (Å²) in [7, 11) is 0. The van der Waals surface area contributed by atoms with Crippen molar-refractivity contribution in [3.8, 4) is 11.8 Å². The van der Waals surface area contributed by atoms with Crippen molar-refractivity contribution in [1.82, 2.24) is 19.7 Å². The molecule has 0 aliphatic heterocycles. The molecule has 8 heteroatoms. The van der Waals surface area contributed by atoms with Crippen LogP contribution < -0.4 is 4.74 Å². The van der Waals surface area contributed by atoms with Gasteiger partial charge < -0.3 is 9.47 Å². The van der Waals surface area contributed by atoms with Crippen LogP contribution in [0.15, 0.2) is 6.07 Å². The van der Waals surface area contributed by atoms with E-state index in [0.717, 1.165) is 11.4 Å². The Bertz CT molecular complexity index is 762. The third-order valence-electron chi connectivity index (χ3n) is 3.28. The number of ether oxygens (including phenoxy) is 2. The Hall–Kier alpha value is -2.77. The Kier molecular flexibility index (Phi) is 5.28. The highest BCUT2D eigenvalue weighted by molar-refractivity contribution is 6.30. The van der Waals surface area contributed by atoms with Crippen molar-refractivity contribution in [3.05, 3.63) is 28.7 Å². The Balaban J connectivity index is 2.49. The van der Waals surface area contributed by atoms with E-state index in [1.165, 1.54) is 4.68 Å². The molecule has 0 aromatic carbocycles. The Morgan fingerprint density at radius 1 is 1.08 bits per heavy atom. The van der Waals surface area contributed by atoms with Crippen molar-refractivity contribution in [2.75, 3.05) is 6.61 Å². The molecule has 0 saturated heterocycles. The average Bonchev–Trinajstić information content (AvgIpc) is 2.82. The van der Waals surface area contributed by atoms with Crippen LogP contribution in [-0.4, -0.2) is 38.3 Å². The maximum atomic E-state index is 11.9. The smallest absolute Gasteiger partial charge is 0.424 e. The fourth-order valence-corrected chi connectivity index (χ4v) is 2.31. The highest BCUT2D eigenvalue weighted by Gasteiger charge is 2.25. The lowest BCUT2D eigenvalue weighted by molar-refractivity contribution is -0.162. The number of aryl methyl sites for hydroxylation is 3. The molecule has 0 radical (unpaired) electrons. The van der Waals surface area contributed by atoms with Crippen molar-refractivity contribution in [2.45, 2.75) is 41.0 Å². The minimum Gasteiger partial charge on any atom is -0.458 e. The summed E-state index contributed by atoms with van der Waals surface area (Å²) in [4.78, 5) is 32.1. The maximum absolute atomic E-state index is 11.9. The van der Waals surface area contributed by atoms with Crippen LogP contribution in [0.1, 0.15) is 36.5 Å². The van der Waals surface area contributed by atoms with E-state index < -0.39 is 11.9 Å². The fourth-order valence-electron chi connectivity index (χ4n) is 2.31. The average molecular weight is 332 g/mol. The Morgan fingerprint density at radius 3 is 2.25 bits per heavy atom. The molecule has 0 atom stereocenters. The maximum Gasteiger partial charge on any atom is 0.424 e. The first kappa shape index (κ1) is 17.6. The van der Waals surface area contributed by atoms with Crippen LogP contribution in [0.3, 0.4) is 0 Å². The number of hydrogen-bond donors (Lipinski definition) is 0. The Labute approximate surface area is 139 Å². The van der Waals surface area contributed by atoms with Crippen molar-refractivity contribution < 1.29 is 19.1 Å². The minimum absolute atomic E-state index is 0.0903. The largest absolute Gasteiger partial charge is 0.458 e. The summed E-state index contributed by atoms with van der Waals surface area (Å²) < 4.78 is 11.2. The first-order chi connectivity index (χ1) is 11.4. The number of rotatable bonds is 4. The molecular formula is C16H20N4O4. The van der Waals surface area contributed by atoms with Crippen LogP contribution in [0, 0.1) is 20.8 Å². The second-order valence-electron chi connectivity index (χ2n) is 5.20. The molecule has 0 aliphatic carbocycles. The van der Waals surface area contributed by atoms with Crippen molar-refractivity contribution >= 4 is 11.9 Å². The zero-order valence-electron chi connectivity index (χ0n) is 14.4. The van der Waals surface area contributed by atoms with E-state index in [4.69, 9.17) is 4.74 Å². The van der Waals surface area contributed by atoms with Crippen LogP contribution in [0.25, 0.3) is 5.95 Å². The van der Waals surface area contributed by atoms with Gasteiger partial charge in [0.1, 0.15) is 0 Å². The number of esters is 2. The summed E-state index contributed by atoms with van der Waals surface area (Å²) in [5, 5.41) is 4.35. The monoisotopic (exact) mass is 332 g/mol. The predicted octanol–water partition coefficient (Wildman–Crippen LogP) is 1.62.